The van der Waals surface area contributed by atoms with Crippen molar-refractivity contribution in [2.45, 2.75) is 20.3 Å². The van der Waals surface area contributed by atoms with E-state index in [9.17, 15) is 4.39 Å². The van der Waals surface area contributed by atoms with Gasteiger partial charge in [-0.1, -0.05) is 18.1 Å². The highest BCUT2D eigenvalue weighted by molar-refractivity contribution is 5.27. The van der Waals surface area contributed by atoms with Gasteiger partial charge in [0.1, 0.15) is 11.2 Å². The van der Waals surface area contributed by atoms with Gasteiger partial charge in [-0.25, -0.2) is 4.39 Å². The number of hydrogen-bond acceptors (Lipinski definition) is 1. The second-order valence-corrected chi connectivity index (χ2v) is 3.63. The van der Waals surface area contributed by atoms with Crippen molar-refractivity contribution in [2.24, 2.45) is 5.41 Å². The van der Waals surface area contributed by atoms with Gasteiger partial charge in [-0.05, 0) is 31.5 Å². The summed E-state index contributed by atoms with van der Waals surface area (Å²) in [7, 11) is 0. The first-order chi connectivity index (χ1) is 7.09. The topological polar surface area (TPSA) is 23.8 Å². The monoisotopic (exact) mass is 201 g/mol. The first-order valence-electron chi connectivity index (χ1n) is 4.69. The van der Waals surface area contributed by atoms with Gasteiger partial charge < -0.3 is 0 Å². The van der Waals surface area contributed by atoms with Crippen molar-refractivity contribution in [1.82, 2.24) is 0 Å². The molecule has 1 rings (SSSR count). The number of halogens is 1. The van der Waals surface area contributed by atoms with Crippen LogP contribution in [-0.4, -0.2) is 0 Å². The molecule has 0 radical (unpaired) electrons. The van der Waals surface area contributed by atoms with Gasteiger partial charge in [0, 0.05) is 6.42 Å². The van der Waals surface area contributed by atoms with Crippen molar-refractivity contribution < 1.29 is 4.39 Å². The zero-order valence-electron chi connectivity index (χ0n) is 8.84. The molecule has 0 bridgehead atoms. The fraction of sp³-hybridized carbons (Fsp3) is 0.308. The van der Waals surface area contributed by atoms with Gasteiger partial charge in [0.25, 0.3) is 0 Å². The van der Waals surface area contributed by atoms with Crippen LogP contribution >= 0.6 is 0 Å². The number of hydrogen-bond donors (Lipinski definition) is 0. The standard InChI is InChI=1S/C13H12FN/c1-3-7-13(2,10-15)9-11-5-4-6-12(14)8-11/h4-6,8H,9H2,1-2H3. The SMILES string of the molecule is CC#CC(C)(C#N)Cc1cccc(F)c1. The van der Waals surface area contributed by atoms with Crippen LogP contribution in [0.1, 0.15) is 19.4 Å². The lowest BCUT2D eigenvalue weighted by molar-refractivity contribution is 0.580. The molecule has 1 atom stereocenters. The summed E-state index contributed by atoms with van der Waals surface area (Å²) < 4.78 is 12.9. The molecule has 1 nitrogen and oxygen atoms in total. The van der Waals surface area contributed by atoms with E-state index in [2.05, 4.69) is 17.9 Å². The van der Waals surface area contributed by atoms with E-state index in [1.807, 2.05) is 0 Å². The third-order valence-corrected chi connectivity index (χ3v) is 2.09. The lowest BCUT2D eigenvalue weighted by Gasteiger charge is -2.14. The summed E-state index contributed by atoms with van der Waals surface area (Å²) in [6.45, 7) is 3.45. The summed E-state index contributed by atoms with van der Waals surface area (Å²) in [5, 5.41) is 9.00. The molecule has 0 spiro atoms. The molecule has 0 aliphatic heterocycles. The van der Waals surface area contributed by atoms with Crippen LogP contribution in [0, 0.1) is 34.4 Å². The molecule has 0 N–H and O–H groups in total. The van der Waals surface area contributed by atoms with Gasteiger partial charge in [0.2, 0.25) is 0 Å². The lowest BCUT2D eigenvalue weighted by atomic mass is 9.86. The summed E-state index contributed by atoms with van der Waals surface area (Å²) in [4.78, 5) is 0. The highest BCUT2D eigenvalue weighted by atomic mass is 19.1. The molecule has 1 aromatic carbocycles. The number of nitrogens with zero attached hydrogens (tertiary/aromatic N) is 1. The second kappa shape index (κ2) is 4.62. The van der Waals surface area contributed by atoms with Crippen LogP contribution in [0.4, 0.5) is 4.39 Å². The lowest BCUT2D eigenvalue weighted by Crippen LogP contribution is -2.14. The minimum atomic E-state index is -0.734. The van der Waals surface area contributed by atoms with E-state index < -0.39 is 5.41 Å². The van der Waals surface area contributed by atoms with Crippen LogP contribution in [-0.2, 0) is 6.42 Å². The molecule has 0 heterocycles. The molecule has 0 amide bonds. The van der Waals surface area contributed by atoms with E-state index in [4.69, 9.17) is 5.26 Å². The molecule has 0 saturated heterocycles. The molecule has 0 aliphatic rings. The van der Waals surface area contributed by atoms with Gasteiger partial charge >= 0.3 is 0 Å². The third-order valence-electron chi connectivity index (χ3n) is 2.09. The minimum Gasteiger partial charge on any atom is -0.207 e. The van der Waals surface area contributed by atoms with Crippen LogP contribution < -0.4 is 0 Å². The first kappa shape index (κ1) is 11.3. The van der Waals surface area contributed by atoms with Gasteiger partial charge in [-0.15, -0.1) is 5.92 Å². The molecule has 0 saturated carbocycles. The van der Waals surface area contributed by atoms with E-state index in [1.165, 1.54) is 12.1 Å². The van der Waals surface area contributed by atoms with Crippen molar-refractivity contribution in [3.63, 3.8) is 0 Å². The van der Waals surface area contributed by atoms with E-state index >= 15 is 0 Å². The Kier molecular flexibility index (Phi) is 3.47. The summed E-state index contributed by atoms with van der Waals surface area (Å²) in [5.74, 6) is 5.29. The largest absolute Gasteiger partial charge is 0.207 e. The highest BCUT2D eigenvalue weighted by Gasteiger charge is 2.21. The van der Waals surface area contributed by atoms with Crippen LogP contribution in [0.5, 0.6) is 0 Å². The molecule has 0 fully saturated rings. The van der Waals surface area contributed by atoms with Gasteiger partial charge in [0.05, 0.1) is 6.07 Å². The average Bonchev–Trinajstić information content (AvgIpc) is 2.18. The Morgan fingerprint density at radius 1 is 1.47 bits per heavy atom. The van der Waals surface area contributed by atoms with Gasteiger partial charge in [-0.2, -0.15) is 5.26 Å². The highest BCUT2D eigenvalue weighted by Crippen LogP contribution is 2.21. The fourth-order valence-electron chi connectivity index (χ4n) is 1.44. The average molecular weight is 201 g/mol. The Balaban J connectivity index is 2.93. The zero-order chi connectivity index (χ0) is 11.3. The van der Waals surface area contributed by atoms with Crippen LogP contribution in [0.2, 0.25) is 0 Å². The zero-order valence-corrected chi connectivity index (χ0v) is 8.84. The molecule has 2 heteroatoms. The predicted molar refractivity (Wildman–Crippen MR) is 57.3 cm³/mol. The van der Waals surface area contributed by atoms with Crippen molar-refractivity contribution in [2.75, 3.05) is 0 Å². The first-order valence-corrected chi connectivity index (χ1v) is 4.69. The number of benzene rings is 1. The number of nitriles is 1. The van der Waals surface area contributed by atoms with Crippen molar-refractivity contribution in [3.05, 3.63) is 35.6 Å². The normalized spacial score (nSPS) is 13.2. The summed E-state index contributed by atoms with van der Waals surface area (Å²) in [6, 6.07) is 8.42. The van der Waals surface area contributed by atoms with Gasteiger partial charge in [0.15, 0.2) is 0 Å². The molecular weight excluding hydrogens is 189 g/mol. The Morgan fingerprint density at radius 2 is 2.20 bits per heavy atom. The van der Waals surface area contributed by atoms with E-state index in [1.54, 1.807) is 26.0 Å². The fourth-order valence-corrected chi connectivity index (χ4v) is 1.44. The van der Waals surface area contributed by atoms with Crippen LogP contribution in [0.25, 0.3) is 0 Å². The van der Waals surface area contributed by atoms with Crippen molar-refractivity contribution in [1.29, 1.82) is 5.26 Å². The third kappa shape index (κ3) is 3.11. The maximum atomic E-state index is 12.9. The smallest absolute Gasteiger partial charge is 0.123 e. The maximum Gasteiger partial charge on any atom is 0.123 e. The van der Waals surface area contributed by atoms with Crippen LogP contribution in [0.15, 0.2) is 24.3 Å². The molecule has 15 heavy (non-hydrogen) atoms. The molecule has 76 valence electrons. The Morgan fingerprint density at radius 3 is 2.73 bits per heavy atom. The van der Waals surface area contributed by atoms with E-state index in [0.717, 1.165) is 5.56 Å². The molecule has 1 aromatic rings. The quantitative estimate of drug-likeness (QED) is 0.675. The molecular formula is C13H12FN. The Hall–Kier alpha value is -1.80. The molecule has 1 unspecified atom stereocenters. The Labute approximate surface area is 89.5 Å². The second-order valence-electron chi connectivity index (χ2n) is 3.63. The summed E-state index contributed by atoms with van der Waals surface area (Å²) in [6.07, 6.45) is 0.447. The molecule has 0 aliphatic carbocycles. The van der Waals surface area contributed by atoms with E-state index in [-0.39, 0.29) is 5.82 Å². The maximum absolute atomic E-state index is 12.9. The summed E-state index contributed by atoms with van der Waals surface area (Å²) in [5.41, 5.74) is 0.0597. The Bertz CT molecular complexity index is 448. The van der Waals surface area contributed by atoms with Crippen molar-refractivity contribution in [3.8, 4) is 17.9 Å². The van der Waals surface area contributed by atoms with Crippen molar-refractivity contribution >= 4 is 0 Å². The van der Waals surface area contributed by atoms with Gasteiger partial charge in [-0.3, -0.25) is 0 Å². The minimum absolute atomic E-state index is 0.280. The summed E-state index contributed by atoms with van der Waals surface area (Å²) >= 11 is 0. The van der Waals surface area contributed by atoms with E-state index in [0.29, 0.717) is 6.42 Å². The van der Waals surface area contributed by atoms with Crippen LogP contribution in [0.3, 0.4) is 0 Å². The molecule has 0 aromatic heterocycles. The number of rotatable bonds is 2. The predicted octanol–water partition coefficient (Wildman–Crippen LogP) is 2.92.